The van der Waals surface area contributed by atoms with E-state index in [0.717, 1.165) is 22.6 Å². The van der Waals surface area contributed by atoms with Gasteiger partial charge in [0.1, 0.15) is 23.9 Å². The Balaban J connectivity index is 1.42. The zero-order valence-electron chi connectivity index (χ0n) is 20.8. The van der Waals surface area contributed by atoms with Gasteiger partial charge < -0.3 is 19.4 Å². The third-order valence-electron chi connectivity index (χ3n) is 5.87. The third kappa shape index (κ3) is 6.21. The van der Waals surface area contributed by atoms with Crippen LogP contribution in [0.2, 0.25) is 0 Å². The van der Waals surface area contributed by atoms with E-state index < -0.39 is 0 Å². The number of amides is 1. The van der Waals surface area contributed by atoms with E-state index >= 15 is 0 Å². The van der Waals surface area contributed by atoms with Crippen LogP contribution in [0.25, 0.3) is 11.0 Å². The monoisotopic (exact) mass is 471 g/mol. The van der Waals surface area contributed by atoms with E-state index in [1.54, 1.807) is 0 Å². The minimum absolute atomic E-state index is 0.0533. The van der Waals surface area contributed by atoms with Gasteiger partial charge in [0.15, 0.2) is 6.61 Å². The Bertz CT molecular complexity index is 1260. The quantitative estimate of drug-likeness (QED) is 0.342. The van der Waals surface area contributed by atoms with E-state index in [1.165, 1.54) is 5.56 Å². The number of fused-ring (bicyclic) bond motifs is 1. The second-order valence-electron chi connectivity index (χ2n) is 9.62. The van der Waals surface area contributed by atoms with Gasteiger partial charge in [-0.15, -0.1) is 0 Å². The number of hydrogen-bond acceptors (Lipinski definition) is 4. The number of carbonyl (C=O) groups is 1. The summed E-state index contributed by atoms with van der Waals surface area (Å²) in [6.45, 7) is 9.57. The number of aromatic nitrogens is 2. The SMILES string of the molecule is CC(NC(=O)COc1ccccc1)c1nc2ccccc2n1CCOc1ccc(C(C)(C)C)cc1. The molecule has 1 amide bonds. The number of nitrogens with zero attached hydrogens (tertiary/aromatic N) is 2. The molecule has 4 rings (SSSR count). The van der Waals surface area contributed by atoms with E-state index in [1.807, 2.05) is 73.7 Å². The van der Waals surface area contributed by atoms with Crippen molar-refractivity contribution >= 4 is 16.9 Å². The standard InChI is InChI=1S/C29H33N3O3/c1-21(30-27(33)20-35-23-10-6-5-7-11-23)28-31-25-12-8-9-13-26(25)32(28)18-19-34-24-16-14-22(15-17-24)29(2,3)4/h5-17,21H,18-20H2,1-4H3,(H,30,33). The Labute approximate surface area is 206 Å². The molecule has 0 fully saturated rings. The van der Waals surface area contributed by atoms with Crippen LogP contribution in [0.1, 0.15) is 45.1 Å². The molecule has 6 heteroatoms. The van der Waals surface area contributed by atoms with Crippen molar-refractivity contribution in [2.75, 3.05) is 13.2 Å². The molecule has 1 heterocycles. The number of ether oxygens (including phenoxy) is 2. The number of rotatable bonds is 9. The lowest BCUT2D eigenvalue weighted by Crippen LogP contribution is -2.33. The van der Waals surface area contributed by atoms with Crippen LogP contribution in [0, 0.1) is 0 Å². The summed E-state index contributed by atoms with van der Waals surface area (Å²) in [6, 6.07) is 25.3. The molecule has 0 radical (unpaired) electrons. The highest BCUT2D eigenvalue weighted by atomic mass is 16.5. The van der Waals surface area contributed by atoms with Gasteiger partial charge in [0.05, 0.1) is 23.6 Å². The summed E-state index contributed by atoms with van der Waals surface area (Å²) in [5, 5.41) is 3.01. The zero-order chi connectivity index (χ0) is 24.8. The molecule has 0 aliphatic heterocycles. The maximum absolute atomic E-state index is 12.5. The number of nitrogens with one attached hydrogen (secondary N) is 1. The molecule has 0 bridgehead atoms. The van der Waals surface area contributed by atoms with Crippen LogP contribution in [0.3, 0.4) is 0 Å². The maximum Gasteiger partial charge on any atom is 0.258 e. The van der Waals surface area contributed by atoms with Gasteiger partial charge in [-0.05, 0) is 54.3 Å². The van der Waals surface area contributed by atoms with Crippen molar-refractivity contribution in [1.29, 1.82) is 0 Å². The minimum atomic E-state index is -0.291. The molecule has 1 N–H and O–H groups in total. The van der Waals surface area contributed by atoms with Crippen LogP contribution >= 0.6 is 0 Å². The van der Waals surface area contributed by atoms with Gasteiger partial charge in [0.2, 0.25) is 0 Å². The van der Waals surface area contributed by atoms with Gasteiger partial charge in [-0.1, -0.05) is 63.2 Å². The lowest BCUT2D eigenvalue weighted by molar-refractivity contribution is -0.123. The second kappa shape index (κ2) is 10.6. The van der Waals surface area contributed by atoms with Crippen LogP contribution < -0.4 is 14.8 Å². The summed E-state index contributed by atoms with van der Waals surface area (Å²) >= 11 is 0. The number of imidazole rings is 1. The fourth-order valence-electron chi connectivity index (χ4n) is 3.98. The van der Waals surface area contributed by atoms with E-state index in [4.69, 9.17) is 14.5 Å². The molecule has 0 saturated carbocycles. The molecule has 1 atom stereocenters. The van der Waals surface area contributed by atoms with E-state index in [-0.39, 0.29) is 24.0 Å². The molecule has 4 aromatic rings. The predicted molar refractivity (Wildman–Crippen MR) is 139 cm³/mol. The Morgan fingerprint density at radius 1 is 0.914 bits per heavy atom. The molecular weight excluding hydrogens is 438 g/mol. The van der Waals surface area contributed by atoms with Crippen molar-refractivity contribution in [3.05, 3.63) is 90.3 Å². The molecule has 6 nitrogen and oxygen atoms in total. The lowest BCUT2D eigenvalue weighted by atomic mass is 9.87. The Kier molecular flexibility index (Phi) is 7.39. The molecule has 0 saturated heterocycles. The van der Waals surface area contributed by atoms with Crippen molar-refractivity contribution in [2.24, 2.45) is 0 Å². The summed E-state index contributed by atoms with van der Waals surface area (Å²) in [7, 11) is 0. The fraction of sp³-hybridized carbons (Fsp3) is 0.310. The predicted octanol–water partition coefficient (Wildman–Crippen LogP) is 5.67. The molecule has 0 spiro atoms. The minimum Gasteiger partial charge on any atom is -0.492 e. The van der Waals surface area contributed by atoms with Crippen molar-refractivity contribution in [1.82, 2.24) is 14.9 Å². The summed E-state index contributed by atoms with van der Waals surface area (Å²) < 4.78 is 13.7. The number of benzene rings is 3. The molecule has 35 heavy (non-hydrogen) atoms. The lowest BCUT2D eigenvalue weighted by Gasteiger charge is -2.19. The van der Waals surface area contributed by atoms with Gasteiger partial charge in [-0.3, -0.25) is 4.79 Å². The second-order valence-corrected chi connectivity index (χ2v) is 9.62. The summed E-state index contributed by atoms with van der Waals surface area (Å²) in [5.41, 5.74) is 3.28. The largest absolute Gasteiger partial charge is 0.492 e. The first-order chi connectivity index (χ1) is 16.8. The van der Waals surface area contributed by atoms with Gasteiger partial charge in [-0.2, -0.15) is 0 Å². The van der Waals surface area contributed by atoms with E-state index in [2.05, 4.69) is 42.8 Å². The molecule has 182 valence electrons. The first-order valence-electron chi connectivity index (χ1n) is 12.0. The van der Waals surface area contributed by atoms with E-state index in [9.17, 15) is 4.79 Å². The Morgan fingerprint density at radius 2 is 1.57 bits per heavy atom. The summed E-state index contributed by atoms with van der Waals surface area (Å²) in [5.74, 6) is 2.08. The van der Waals surface area contributed by atoms with Crippen molar-refractivity contribution in [3.8, 4) is 11.5 Å². The number of hydrogen-bond donors (Lipinski definition) is 1. The smallest absolute Gasteiger partial charge is 0.258 e. The Morgan fingerprint density at radius 3 is 2.29 bits per heavy atom. The van der Waals surface area contributed by atoms with Gasteiger partial charge in [0, 0.05) is 0 Å². The van der Waals surface area contributed by atoms with Crippen LogP contribution in [0.5, 0.6) is 11.5 Å². The van der Waals surface area contributed by atoms with Gasteiger partial charge in [-0.25, -0.2) is 4.98 Å². The average Bonchev–Trinajstić information content (AvgIpc) is 3.22. The molecule has 0 aliphatic carbocycles. The zero-order valence-corrected chi connectivity index (χ0v) is 20.8. The maximum atomic E-state index is 12.5. The van der Waals surface area contributed by atoms with E-state index in [0.29, 0.717) is 18.9 Å². The van der Waals surface area contributed by atoms with Crippen LogP contribution in [0.4, 0.5) is 0 Å². The average molecular weight is 472 g/mol. The number of carbonyl (C=O) groups excluding carboxylic acids is 1. The molecule has 1 unspecified atom stereocenters. The Hall–Kier alpha value is -3.80. The van der Waals surface area contributed by atoms with Crippen molar-refractivity contribution in [3.63, 3.8) is 0 Å². The number of para-hydroxylation sites is 3. The normalized spacial score (nSPS) is 12.3. The molecule has 0 aliphatic rings. The van der Waals surface area contributed by atoms with Gasteiger partial charge >= 0.3 is 0 Å². The molecule has 1 aromatic heterocycles. The fourth-order valence-corrected chi connectivity index (χ4v) is 3.98. The topological polar surface area (TPSA) is 65.4 Å². The summed E-state index contributed by atoms with van der Waals surface area (Å²) in [4.78, 5) is 17.3. The first-order valence-corrected chi connectivity index (χ1v) is 12.0. The molecular formula is C29H33N3O3. The van der Waals surface area contributed by atoms with Crippen molar-refractivity contribution < 1.29 is 14.3 Å². The van der Waals surface area contributed by atoms with Crippen LogP contribution in [-0.4, -0.2) is 28.7 Å². The highest BCUT2D eigenvalue weighted by Gasteiger charge is 2.19. The highest BCUT2D eigenvalue weighted by molar-refractivity contribution is 5.79. The van der Waals surface area contributed by atoms with Crippen LogP contribution in [0.15, 0.2) is 78.9 Å². The third-order valence-corrected chi connectivity index (χ3v) is 5.87. The van der Waals surface area contributed by atoms with Crippen LogP contribution in [-0.2, 0) is 16.8 Å². The molecule has 3 aromatic carbocycles. The van der Waals surface area contributed by atoms with Gasteiger partial charge in [0.25, 0.3) is 5.91 Å². The van der Waals surface area contributed by atoms with Crippen molar-refractivity contribution in [2.45, 2.75) is 45.7 Å². The highest BCUT2D eigenvalue weighted by Crippen LogP contribution is 2.25. The first kappa shape index (κ1) is 24.3. The summed E-state index contributed by atoms with van der Waals surface area (Å²) in [6.07, 6.45) is 0.